The van der Waals surface area contributed by atoms with Crippen molar-refractivity contribution in [3.8, 4) is 11.1 Å². The van der Waals surface area contributed by atoms with Crippen molar-refractivity contribution in [1.82, 2.24) is 10.2 Å². The maximum Gasteiger partial charge on any atom is 0.234 e. The van der Waals surface area contributed by atoms with E-state index in [-0.39, 0.29) is 11.2 Å². The largest absolute Gasteiger partial charge is 0.351 e. The maximum atomic E-state index is 13.0. The third kappa shape index (κ3) is 2.95. The molecule has 2 atom stereocenters. The van der Waals surface area contributed by atoms with Gasteiger partial charge in [-0.25, -0.2) is 0 Å². The van der Waals surface area contributed by atoms with Gasteiger partial charge in [0.05, 0.1) is 5.25 Å². The number of carbonyl (C=O) groups excluding carboxylic acids is 1. The standard InChI is InChI=1S/C22H24N2OS/c25-22(23-19-14-24-11-9-16(19)10-12-24)20-13-17-7-4-8-18(21(17)26-20)15-5-2-1-3-6-15/h1-8,16,19-20H,9-14H2,(H,23,25)/t19-,20?/m0/s1. The normalized spacial score (nSPS) is 29.4. The van der Waals surface area contributed by atoms with E-state index in [1.807, 2.05) is 6.07 Å². The van der Waals surface area contributed by atoms with Crippen molar-refractivity contribution in [1.29, 1.82) is 0 Å². The SMILES string of the molecule is O=C(N[C@H]1CN2CCC1CC2)C1Cc2cccc(-c3ccccc3)c2S1. The first-order chi connectivity index (χ1) is 12.8. The van der Waals surface area contributed by atoms with Gasteiger partial charge in [0.1, 0.15) is 0 Å². The zero-order valence-electron chi connectivity index (χ0n) is 14.9. The molecule has 0 saturated carbocycles. The second-order valence-electron chi connectivity index (χ2n) is 7.72. The molecule has 4 heteroatoms. The minimum atomic E-state index is 0.00492. The van der Waals surface area contributed by atoms with E-state index >= 15 is 0 Å². The van der Waals surface area contributed by atoms with Gasteiger partial charge in [0, 0.05) is 17.5 Å². The second-order valence-corrected chi connectivity index (χ2v) is 8.94. The van der Waals surface area contributed by atoms with Crippen LogP contribution >= 0.6 is 11.8 Å². The number of nitrogens with zero attached hydrogens (tertiary/aromatic N) is 1. The van der Waals surface area contributed by atoms with Gasteiger partial charge in [-0.3, -0.25) is 4.79 Å². The Bertz CT molecular complexity index is 814. The fourth-order valence-electron chi connectivity index (χ4n) is 4.66. The number of thioether (sulfide) groups is 1. The Hall–Kier alpha value is -1.78. The van der Waals surface area contributed by atoms with E-state index in [2.05, 4.69) is 52.7 Å². The summed E-state index contributed by atoms with van der Waals surface area (Å²) in [7, 11) is 0. The van der Waals surface area contributed by atoms with E-state index in [0.29, 0.717) is 12.0 Å². The molecule has 26 heavy (non-hydrogen) atoms. The van der Waals surface area contributed by atoms with Gasteiger partial charge in [-0.2, -0.15) is 0 Å². The summed E-state index contributed by atoms with van der Waals surface area (Å²) in [5.74, 6) is 0.904. The number of amides is 1. The number of fused-ring (bicyclic) bond motifs is 4. The molecular weight excluding hydrogens is 340 g/mol. The number of nitrogens with one attached hydrogen (secondary N) is 1. The average Bonchev–Trinajstić information content (AvgIpc) is 3.14. The molecule has 4 heterocycles. The Morgan fingerprint density at radius 1 is 1.04 bits per heavy atom. The molecule has 2 bridgehead atoms. The van der Waals surface area contributed by atoms with E-state index in [1.165, 1.54) is 47.5 Å². The summed E-state index contributed by atoms with van der Waals surface area (Å²) in [6.45, 7) is 3.46. The van der Waals surface area contributed by atoms with Crippen LogP contribution in [0.15, 0.2) is 53.4 Å². The molecule has 0 spiro atoms. The fraction of sp³-hybridized carbons (Fsp3) is 0.409. The van der Waals surface area contributed by atoms with Crippen LogP contribution in [0.1, 0.15) is 18.4 Å². The summed E-state index contributed by atoms with van der Waals surface area (Å²) in [5.41, 5.74) is 3.80. The van der Waals surface area contributed by atoms with E-state index in [9.17, 15) is 4.79 Å². The Kier molecular flexibility index (Phi) is 4.26. The summed E-state index contributed by atoms with van der Waals surface area (Å²) < 4.78 is 0. The predicted octanol–water partition coefficient (Wildman–Crippen LogP) is 3.58. The first-order valence-electron chi connectivity index (χ1n) is 9.64. The molecule has 1 N–H and O–H groups in total. The first-order valence-corrected chi connectivity index (χ1v) is 10.5. The van der Waals surface area contributed by atoms with Crippen molar-refractivity contribution in [2.45, 2.75) is 35.4 Å². The third-order valence-corrected chi connectivity index (χ3v) is 7.51. The molecule has 2 aromatic rings. The van der Waals surface area contributed by atoms with Gasteiger partial charge in [0.15, 0.2) is 0 Å². The minimum Gasteiger partial charge on any atom is -0.351 e. The molecule has 1 amide bonds. The number of benzene rings is 2. The van der Waals surface area contributed by atoms with Gasteiger partial charge in [-0.05, 0) is 55.0 Å². The summed E-state index contributed by atoms with van der Waals surface area (Å²) in [5, 5.41) is 3.39. The lowest BCUT2D eigenvalue weighted by Crippen LogP contribution is -2.58. The molecule has 3 fully saturated rings. The quantitative estimate of drug-likeness (QED) is 0.903. The number of carbonyl (C=O) groups is 1. The van der Waals surface area contributed by atoms with Crippen LogP contribution in [0.2, 0.25) is 0 Å². The highest BCUT2D eigenvalue weighted by Gasteiger charge is 2.37. The zero-order chi connectivity index (χ0) is 17.5. The monoisotopic (exact) mass is 364 g/mol. The van der Waals surface area contributed by atoms with Crippen LogP contribution in [0.25, 0.3) is 11.1 Å². The van der Waals surface area contributed by atoms with Crippen LogP contribution in [0.5, 0.6) is 0 Å². The molecule has 0 aromatic heterocycles. The average molecular weight is 365 g/mol. The summed E-state index contributed by atoms with van der Waals surface area (Å²) in [6, 6.07) is 17.3. The van der Waals surface area contributed by atoms with Crippen molar-refractivity contribution >= 4 is 17.7 Å². The highest BCUT2D eigenvalue weighted by atomic mass is 32.2. The van der Waals surface area contributed by atoms with E-state index < -0.39 is 0 Å². The molecule has 6 rings (SSSR count). The lowest BCUT2D eigenvalue weighted by molar-refractivity contribution is -0.122. The van der Waals surface area contributed by atoms with Crippen LogP contribution in [0, 0.1) is 5.92 Å². The number of hydrogen-bond donors (Lipinski definition) is 1. The zero-order valence-corrected chi connectivity index (χ0v) is 15.7. The van der Waals surface area contributed by atoms with Gasteiger partial charge in [-0.1, -0.05) is 48.5 Å². The topological polar surface area (TPSA) is 32.3 Å². The van der Waals surface area contributed by atoms with Gasteiger partial charge in [0.2, 0.25) is 5.91 Å². The fourth-order valence-corrected chi connectivity index (χ4v) is 6.00. The lowest BCUT2D eigenvalue weighted by atomic mass is 9.84. The Morgan fingerprint density at radius 3 is 2.58 bits per heavy atom. The van der Waals surface area contributed by atoms with Crippen molar-refractivity contribution in [2.75, 3.05) is 19.6 Å². The Labute approximate surface area is 159 Å². The molecule has 0 aliphatic carbocycles. The summed E-state index contributed by atoms with van der Waals surface area (Å²) >= 11 is 1.75. The Balaban J connectivity index is 1.32. The summed E-state index contributed by atoms with van der Waals surface area (Å²) in [4.78, 5) is 16.7. The summed E-state index contributed by atoms with van der Waals surface area (Å²) in [6.07, 6.45) is 3.32. The highest BCUT2D eigenvalue weighted by molar-refractivity contribution is 8.01. The maximum absolute atomic E-state index is 13.0. The van der Waals surface area contributed by atoms with Crippen molar-refractivity contribution in [3.05, 3.63) is 54.1 Å². The molecular formula is C22H24N2OS. The van der Waals surface area contributed by atoms with Crippen LogP contribution in [0.4, 0.5) is 0 Å². The Morgan fingerprint density at radius 2 is 1.85 bits per heavy atom. The van der Waals surface area contributed by atoms with Crippen LogP contribution in [0.3, 0.4) is 0 Å². The molecule has 4 aliphatic heterocycles. The van der Waals surface area contributed by atoms with Gasteiger partial charge in [-0.15, -0.1) is 11.8 Å². The smallest absolute Gasteiger partial charge is 0.234 e. The lowest BCUT2D eigenvalue weighted by Gasteiger charge is -2.45. The third-order valence-electron chi connectivity index (χ3n) is 6.12. The van der Waals surface area contributed by atoms with Gasteiger partial charge < -0.3 is 10.2 Å². The number of piperidine rings is 3. The molecule has 134 valence electrons. The molecule has 2 aromatic carbocycles. The highest BCUT2D eigenvalue weighted by Crippen LogP contribution is 2.43. The molecule has 4 aliphatic rings. The van der Waals surface area contributed by atoms with E-state index in [4.69, 9.17) is 0 Å². The molecule has 3 nitrogen and oxygen atoms in total. The van der Waals surface area contributed by atoms with Crippen molar-refractivity contribution < 1.29 is 4.79 Å². The van der Waals surface area contributed by atoms with Crippen LogP contribution in [-0.4, -0.2) is 41.7 Å². The van der Waals surface area contributed by atoms with Crippen molar-refractivity contribution in [2.24, 2.45) is 5.92 Å². The van der Waals surface area contributed by atoms with Gasteiger partial charge >= 0.3 is 0 Å². The van der Waals surface area contributed by atoms with E-state index in [1.54, 1.807) is 11.8 Å². The van der Waals surface area contributed by atoms with Crippen molar-refractivity contribution in [3.63, 3.8) is 0 Å². The minimum absolute atomic E-state index is 0.00492. The molecule has 0 radical (unpaired) electrons. The second kappa shape index (κ2) is 6.75. The van der Waals surface area contributed by atoms with Gasteiger partial charge in [0.25, 0.3) is 0 Å². The number of rotatable bonds is 3. The molecule has 1 unspecified atom stereocenters. The number of hydrogen-bond acceptors (Lipinski definition) is 3. The van der Waals surface area contributed by atoms with Crippen LogP contribution in [-0.2, 0) is 11.2 Å². The first kappa shape index (κ1) is 16.4. The predicted molar refractivity (Wildman–Crippen MR) is 106 cm³/mol. The molecule has 3 saturated heterocycles. The van der Waals surface area contributed by atoms with Crippen LogP contribution < -0.4 is 5.32 Å². The van der Waals surface area contributed by atoms with E-state index in [0.717, 1.165) is 13.0 Å².